The molecule has 0 saturated carbocycles. The first-order chi connectivity index (χ1) is 13.0. The number of methoxy groups -OCH3 is 1. The van der Waals surface area contributed by atoms with Crippen molar-refractivity contribution in [3.8, 4) is 0 Å². The SMILES string of the molecule is COC(=O)c1ccc(NC(=O)CSCc2nc3sc(C)cc3c(=O)[nH]2)cc1. The van der Waals surface area contributed by atoms with Gasteiger partial charge in [0.2, 0.25) is 5.91 Å². The number of thioether (sulfide) groups is 1. The van der Waals surface area contributed by atoms with E-state index < -0.39 is 5.97 Å². The van der Waals surface area contributed by atoms with E-state index in [0.717, 1.165) is 4.88 Å². The summed E-state index contributed by atoms with van der Waals surface area (Å²) < 4.78 is 4.63. The molecule has 0 aliphatic rings. The number of ether oxygens (including phenoxy) is 1. The van der Waals surface area contributed by atoms with E-state index in [2.05, 4.69) is 20.0 Å². The Balaban J connectivity index is 1.53. The van der Waals surface area contributed by atoms with Gasteiger partial charge in [0.05, 0.1) is 29.6 Å². The Labute approximate surface area is 163 Å². The molecule has 0 fully saturated rings. The molecular formula is C18H17N3O4S2. The highest BCUT2D eigenvalue weighted by Gasteiger charge is 2.09. The Morgan fingerprint density at radius 2 is 2.04 bits per heavy atom. The molecule has 2 N–H and O–H groups in total. The minimum Gasteiger partial charge on any atom is -0.465 e. The molecule has 0 radical (unpaired) electrons. The number of amides is 1. The van der Waals surface area contributed by atoms with Gasteiger partial charge in [-0.1, -0.05) is 0 Å². The van der Waals surface area contributed by atoms with Gasteiger partial charge in [0.25, 0.3) is 5.56 Å². The van der Waals surface area contributed by atoms with Crippen molar-refractivity contribution in [2.45, 2.75) is 12.7 Å². The molecule has 0 aliphatic carbocycles. The number of benzene rings is 1. The Morgan fingerprint density at radius 1 is 1.30 bits per heavy atom. The lowest BCUT2D eigenvalue weighted by Crippen LogP contribution is -2.15. The average Bonchev–Trinajstić information content (AvgIpc) is 3.02. The van der Waals surface area contributed by atoms with E-state index in [1.807, 2.05) is 13.0 Å². The third-order valence-corrected chi connectivity index (χ3v) is 5.52. The van der Waals surface area contributed by atoms with Crippen LogP contribution in [-0.4, -0.2) is 34.7 Å². The van der Waals surface area contributed by atoms with Crippen molar-refractivity contribution in [2.24, 2.45) is 0 Å². The number of aryl methyl sites for hydroxylation is 1. The standard InChI is InChI=1S/C18H17N3O4S2/c1-10-7-13-16(23)20-14(21-17(13)27-10)8-26-9-15(22)19-12-5-3-11(4-6-12)18(24)25-2/h3-7H,8-9H2,1-2H3,(H,19,22)(H,20,21,23). The Morgan fingerprint density at radius 3 is 2.74 bits per heavy atom. The number of fused-ring (bicyclic) bond motifs is 1. The van der Waals surface area contributed by atoms with Crippen molar-refractivity contribution >= 4 is 50.9 Å². The molecule has 9 heteroatoms. The van der Waals surface area contributed by atoms with Crippen molar-refractivity contribution < 1.29 is 14.3 Å². The van der Waals surface area contributed by atoms with Crippen LogP contribution in [0.1, 0.15) is 21.1 Å². The van der Waals surface area contributed by atoms with E-state index >= 15 is 0 Å². The maximum absolute atomic E-state index is 12.0. The summed E-state index contributed by atoms with van der Waals surface area (Å²) in [4.78, 5) is 44.4. The second-order valence-electron chi connectivity index (χ2n) is 5.70. The van der Waals surface area contributed by atoms with E-state index in [1.54, 1.807) is 24.3 Å². The fourth-order valence-corrected chi connectivity index (χ4v) is 4.00. The lowest BCUT2D eigenvalue weighted by Gasteiger charge is -2.06. The van der Waals surface area contributed by atoms with Crippen LogP contribution in [0.4, 0.5) is 5.69 Å². The molecular weight excluding hydrogens is 386 g/mol. The maximum atomic E-state index is 12.0. The third-order valence-electron chi connectivity index (χ3n) is 3.64. The number of hydrogen-bond donors (Lipinski definition) is 2. The Hall–Kier alpha value is -2.65. The number of H-pyrrole nitrogens is 1. The van der Waals surface area contributed by atoms with Gasteiger partial charge in [-0.2, -0.15) is 0 Å². The number of nitrogens with one attached hydrogen (secondary N) is 2. The number of carbonyl (C=O) groups excluding carboxylic acids is 2. The molecule has 0 saturated heterocycles. The number of aromatic nitrogens is 2. The minimum absolute atomic E-state index is 0.157. The number of anilines is 1. The van der Waals surface area contributed by atoms with Crippen LogP contribution in [0.5, 0.6) is 0 Å². The molecule has 3 aromatic rings. The lowest BCUT2D eigenvalue weighted by atomic mass is 10.2. The number of thiophene rings is 1. The number of hydrogen-bond acceptors (Lipinski definition) is 7. The van der Waals surface area contributed by atoms with Crippen molar-refractivity contribution in [3.05, 3.63) is 57.0 Å². The largest absolute Gasteiger partial charge is 0.465 e. The van der Waals surface area contributed by atoms with Crippen LogP contribution in [0.25, 0.3) is 10.2 Å². The molecule has 3 rings (SSSR count). The first kappa shape index (κ1) is 19.1. The highest BCUT2D eigenvalue weighted by Crippen LogP contribution is 2.21. The zero-order chi connectivity index (χ0) is 19.4. The summed E-state index contributed by atoms with van der Waals surface area (Å²) in [6.07, 6.45) is 0. The fraction of sp³-hybridized carbons (Fsp3) is 0.222. The average molecular weight is 403 g/mol. The van der Waals surface area contributed by atoms with E-state index in [0.29, 0.717) is 33.0 Å². The monoisotopic (exact) mass is 403 g/mol. The number of aromatic amines is 1. The van der Waals surface area contributed by atoms with E-state index in [1.165, 1.54) is 30.2 Å². The normalized spacial score (nSPS) is 10.7. The summed E-state index contributed by atoms with van der Waals surface area (Å²) in [5.41, 5.74) is 0.851. The van der Waals surface area contributed by atoms with Crippen LogP contribution in [0.3, 0.4) is 0 Å². The predicted molar refractivity (Wildman–Crippen MR) is 108 cm³/mol. The summed E-state index contributed by atoms with van der Waals surface area (Å²) in [6, 6.07) is 8.27. The van der Waals surface area contributed by atoms with Crippen LogP contribution in [-0.2, 0) is 15.3 Å². The lowest BCUT2D eigenvalue weighted by molar-refractivity contribution is -0.113. The summed E-state index contributed by atoms with van der Waals surface area (Å²) in [7, 11) is 1.31. The van der Waals surface area contributed by atoms with Gasteiger partial charge in [0.1, 0.15) is 10.7 Å². The van der Waals surface area contributed by atoms with Crippen molar-refractivity contribution in [1.82, 2.24) is 9.97 Å². The van der Waals surface area contributed by atoms with E-state index in [-0.39, 0.29) is 17.2 Å². The quantitative estimate of drug-likeness (QED) is 0.614. The zero-order valence-corrected chi connectivity index (χ0v) is 16.3. The summed E-state index contributed by atoms with van der Waals surface area (Å²) >= 11 is 2.83. The zero-order valence-electron chi connectivity index (χ0n) is 14.7. The van der Waals surface area contributed by atoms with Gasteiger partial charge in [-0.15, -0.1) is 23.1 Å². The van der Waals surface area contributed by atoms with Gasteiger partial charge >= 0.3 is 5.97 Å². The molecule has 0 bridgehead atoms. The molecule has 140 valence electrons. The minimum atomic E-state index is -0.428. The van der Waals surface area contributed by atoms with Crippen LogP contribution < -0.4 is 10.9 Å². The van der Waals surface area contributed by atoms with E-state index in [9.17, 15) is 14.4 Å². The second kappa shape index (κ2) is 8.36. The van der Waals surface area contributed by atoms with Gasteiger partial charge < -0.3 is 15.0 Å². The van der Waals surface area contributed by atoms with Crippen LogP contribution in [0.2, 0.25) is 0 Å². The van der Waals surface area contributed by atoms with Gasteiger partial charge in [0.15, 0.2) is 0 Å². The molecule has 1 aromatic carbocycles. The van der Waals surface area contributed by atoms with Gasteiger partial charge in [0, 0.05) is 10.6 Å². The molecule has 0 atom stereocenters. The molecule has 0 aliphatic heterocycles. The topological polar surface area (TPSA) is 101 Å². The maximum Gasteiger partial charge on any atom is 0.337 e. The van der Waals surface area contributed by atoms with Crippen LogP contribution >= 0.6 is 23.1 Å². The number of nitrogens with zero attached hydrogens (tertiary/aromatic N) is 1. The second-order valence-corrected chi connectivity index (χ2v) is 7.92. The number of carbonyl (C=O) groups is 2. The molecule has 0 unspecified atom stereocenters. The predicted octanol–water partition coefficient (Wildman–Crippen LogP) is 2.95. The fourth-order valence-electron chi connectivity index (χ4n) is 2.41. The number of esters is 1. The highest BCUT2D eigenvalue weighted by atomic mass is 32.2. The summed E-state index contributed by atoms with van der Waals surface area (Å²) in [5.74, 6) is 0.583. The Kier molecular flexibility index (Phi) is 5.92. The van der Waals surface area contributed by atoms with Gasteiger partial charge in [-0.3, -0.25) is 9.59 Å². The van der Waals surface area contributed by atoms with Crippen molar-refractivity contribution in [2.75, 3.05) is 18.2 Å². The highest BCUT2D eigenvalue weighted by molar-refractivity contribution is 7.99. The van der Waals surface area contributed by atoms with Crippen molar-refractivity contribution in [1.29, 1.82) is 0 Å². The first-order valence-corrected chi connectivity index (χ1v) is 9.98. The smallest absolute Gasteiger partial charge is 0.337 e. The first-order valence-electron chi connectivity index (χ1n) is 8.01. The molecule has 0 spiro atoms. The van der Waals surface area contributed by atoms with Crippen LogP contribution in [0.15, 0.2) is 35.1 Å². The molecule has 2 heterocycles. The third kappa shape index (κ3) is 4.75. The Bertz CT molecular complexity index is 1040. The van der Waals surface area contributed by atoms with Crippen LogP contribution in [0, 0.1) is 6.92 Å². The van der Waals surface area contributed by atoms with Gasteiger partial charge in [-0.05, 0) is 37.3 Å². The van der Waals surface area contributed by atoms with Crippen molar-refractivity contribution in [3.63, 3.8) is 0 Å². The molecule has 2 aromatic heterocycles. The molecule has 27 heavy (non-hydrogen) atoms. The number of rotatable bonds is 6. The van der Waals surface area contributed by atoms with Gasteiger partial charge in [-0.25, -0.2) is 9.78 Å². The molecule has 1 amide bonds. The summed E-state index contributed by atoms with van der Waals surface area (Å²) in [5, 5.41) is 3.35. The van der Waals surface area contributed by atoms with E-state index in [4.69, 9.17) is 0 Å². The summed E-state index contributed by atoms with van der Waals surface area (Å²) in [6.45, 7) is 1.93. The molecule has 7 nitrogen and oxygen atoms in total.